The third-order valence-electron chi connectivity index (χ3n) is 0.893. The number of nitrogens with zero attached hydrogens (tertiary/aromatic N) is 2. The molecule has 1 heterocycles. The Morgan fingerprint density at radius 1 is 1.70 bits per heavy atom. The molecule has 5 nitrogen and oxygen atoms in total. The molecule has 0 aliphatic rings. The van der Waals surface area contributed by atoms with Gasteiger partial charge in [0.15, 0.2) is 5.69 Å². The summed E-state index contributed by atoms with van der Waals surface area (Å²) in [5, 5.41) is 8.36. The molecule has 0 unspecified atom stereocenters. The van der Waals surface area contributed by atoms with Crippen molar-refractivity contribution in [3.05, 3.63) is 18.0 Å². The fourth-order valence-electron chi connectivity index (χ4n) is 0.493. The predicted molar refractivity (Wildman–Crippen MR) is 33.4 cm³/mol. The predicted octanol–water partition coefficient (Wildman–Crippen LogP) is -0.243. The zero-order valence-corrected chi connectivity index (χ0v) is 4.98. The summed E-state index contributed by atoms with van der Waals surface area (Å²) in [6.07, 6.45) is 1.30. The van der Waals surface area contributed by atoms with Gasteiger partial charge in [-0.1, -0.05) is 0 Å². The smallest absolute Gasteiger partial charge is 0.354 e. The first kappa shape index (κ1) is 6.47. The van der Waals surface area contributed by atoms with Gasteiger partial charge in [-0.15, -0.1) is 0 Å². The number of carboxylic acids is 1. The van der Waals surface area contributed by atoms with E-state index >= 15 is 0 Å². The Morgan fingerprint density at radius 3 is 2.80 bits per heavy atom. The van der Waals surface area contributed by atoms with E-state index in [1.165, 1.54) is 12.3 Å². The summed E-state index contributed by atoms with van der Waals surface area (Å²) in [5.74, 6) is -1.13. The van der Waals surface area contributed by atoms with Crippen molar-refractivity contribution in [2.75, 3.05) is 5.73 Å². The summed E-state index contributed by atoms with van der Waals surface area (Å²) in [4.78, 5) is 17.2. The van der Waals surface area contributed by atoms with Crippen LogP contribution in [-0.4, -0.2) is 21.0 Å². The highest BCUT2D eigenvalue weighted by Crippen LogP contribution is 1.94. The summed E-state index contributed by atoms with van der Waals surface area (Å²) in [6.45, 7) is 0. The number of aromatic carboxylic acids is 1. The summed E-state index contributed by atoms with van der Waals surface area (Å²) in [7, 11) is 0. The van der Waals surface area contributed by atoms with E-state index in [9.17, 15) is 4.79 Å². The maximum atomic E-state index is 10.2. The molecule has 0 atom stereocenters. The lowest BCUT2D eigenvalue weighted by Crippen LogP contribution is -2.03. The van der Waals surface area contributed by atoms with Crippen molar-refractivity contribution in [3.8, 4) is 0 Å². The molecule has 1 aromatic rings. The first-order chi connectivity index (χ1) is 4.70. The van der Waals surface area contributed by atoms with Crippen molar-refractivity contribution in [1.82, 2.24) is 9.97 Å². The maximum absolute atomic E-state index is 10.2. The van der Waals surface area contributed by atoms with Crippen LogP contribution in [0.4, 0.5) is 5.95 Å². The van der Waals surface area contributed by atoms with Gasteiger partial charge in [0, 0.05) is 6.20 Å². The standard InChI is InChI=1S/C5H5N3O2/c6-5-7-2-1-3(8-5)4(9)10/h1-2H,(H,9,10)(H2,6,7,8). The van der Waals surface area contributed by atoms with E-state index in [1.54, 1.807) is 0 Å². The van der Waals surface area contributed by atoms with E-state index in [0.29, 0.717) is 0 Å². The number of hydrogen-bond donors (Lipinski definition) is 2. The first-order valence-corrected chi connectivity index (χ1v) is 2.52. The van der Waals surface area contributed by atoms with Gasteiger partial charge in [0.05, 0.1) is 0 Å². The van der Waals surface area contributed by atoms with Gasteiger partial charge in [0.1, 0.15) is 0 Å². The van der Waals surface area contributed by atoms with Crippen molar-refractivity contribution in [3.63, 3.8) is 0 Å². The number of hydrogen-bond acceptors (Lipinski definition) is 4. The molecule has 1 aromatic heterocycles. The van der Waals surface area contributed by atoms with E-state index in [2.05, 4.69) is 9.97 Å². The van der Waals surface area contributed by atoms with Gasteiger partial charge in [-0.25, -0.2) is 14.8 Å². The van der Waals surface area contributed by atoms with E-state index in [4.69, 9.17) is 10.8 Å². The van der Waals surface area contributed by atoms with Crippen LogP contribution in [-0.2, 0) is 0 Å². The number of aromatic nitrogens is 2. The molecule has 10 heavy (non-hydrogen) atoms. The van der Waals surface area contributed by atoms with Crippen LogP contribution in [0, 0.1) is 0 Å². The van der Waals surface area contributed by atoms with Crippen molar-refractivity contribution >= 4 is 11.9 Å². The average Bonchev–Trinajstić information content (AvgIpc) is 1.88. The van der Waals surface area contributed by atoms with Gasteiger partial charge in [0.25, 0.3) is 0 Å². The highest BCUT2D eigenvalue weighted by Gasteiger charge is 2.02. The number of carbonyl (C=O) groups is 1. The monoisotopic (exact) mass is 139 g/mol. The summed E-state index contributed by atoms with van der Waals surface area (Å²) in [6, 6.07) is 1.28. The quantitative estimate of drug-likeness (QED) is 0.560. The largest absolute Gasteiger partial charge is 0.477 e. The molecule has 0 saturated carbocycles. The normalized spacial score (nSPS) is 9.20. The fourth-order valence-corrected chi connectivity index (χ4v) is 0.493. The molecular formula is C5H5N3O2. The van der Waals surface area contributed by atoms with Crippen LogP contribution < -0.4 is 5.73 Å². The molecule has 0 amide bonds. The van der Waals surface area contributed by atoms with Gasteiger partial charge in [-0.2, -0.15) is 0 Å². The van der Waals surface area contributed by atoms with Crippen LogP contribution in [0.2, 0.25) is 0 Å². The maximum Gasteiger partial charge on any atom is 0.354 e. The molecule has 0 aliphatic carbocycles. The molecule has 5 heteroatoms. The molecular weight excluding hydrogens is 134 g/mol. The first-order valence-electron chi connectivity index (χ1n) is 2.52. The summed E-state index contributed by atoms with van der Waals surface area (Å²) < 4.78 is 0. The Balaban J connectivity index is 3.07. The molecule has 0 aliphatic heterocycles. The molecule has 52 valence electrons. The van der Waals surface area contributed by atoms with Gasteiger partial charge in [-0.3, -0.25) is 0 Å². The lowest BCUT2D eigenvalue weighted by Gasteiger charge is -1.91. The fraction of sp³-hybridized carbons (Fsp3) is 0. The van der Waals surface area contributed by atoms with E-state index in [-0.39, 0.29) is 11.6 Å². The third-order valence-corrected chi connectivity index (χ3v) is 0.893. The lowest BCUT2D eigenvalue weighted by atomic mass is 10.4. The number of nitrogen functional groups attached to an aromatic ring is 1. The van der Waals surface area contributed by atoms with Crippen LogP contribution in [0.25, 0.3) is 0 Å². The van der Waals surface area contributed by atoms with Crippen LogP contribution >= 0.6 is 0 Å². The average molecular weight is 139 g/mol. The Hall–Kier alpha value is -1.65. The highest BCUT2D eigenvalue weighted by atomic mass is 16.4. The van der Waals surface area contributed by atoms with Crippen LogP contribution in [0.15, 0.2) is 12.3 Å². The molecule has 0 radical (unpaired) electrons. The van der Waals surface area contributed by atoms with Gasteiger partial charge in [0.2, 0.25) is 5.95 Å². The SMILES string of the molecule is Nc1nccc(C(=O)O)n1. The molecule has 0 bridgehead atoms. The van der Waals surface area contributed by atoms with Crippen LogP contribution in [0.1, 0.15) is 10.5 Å². The Bertz CT molecular complexity index is 261. The molecule has 0 aromatic carbocycles. The number of anilines is 1. The van der Waals surface area contributed by atoms with Crippen molar-refractivity contribution < 1.29 is 9.90 Å². The second kappa shape index (κ2) is 2.30. The van der Waals surface area contributed by atoms with Crippen molar-refractivity contribution in [1.29, 1.82) is 0 Å². The van der Waals surface area contributed by atoms with Crippen molar-refractivity contribution in [2.45, 2.75) is 0 Å². The second-order valence-corrected chi connectivity index (χ2v) is 1.61. The Morgan fingerprint density at radius 2 is 2.40 bits per heavy atom. The topological polar surface area (TPSA) is 89.1 Å². The van der Waals surface area contributed by atoms with E-state index in [1.807, 2.05) is 0 Å². The minimum absolute atomic E-state index is 0.0279. The van der Waals surface area contributed by atoms with Crippen LogP contribution in [0.3, 0.4) is 0 Å². The minimum Gasteiger partial charge on any atom is -0.477 e. The van der Waals surface area contributed by atoms with Crippen LogP contribution in [0.5, 0.6) is 0 Å². The Labute approximate surface area is 56.5 Å². The zero-order valence-electron chi connectivity index (χ0n) is 4.98. The molecule has 0 fully saturated rings. The molecule has 0 saturated heterocycles. The Kier molecular flexibility index (Phi) is 1.49. The minimum atomic E-state index is -1.10. The van der Waals surface area contributed by atoms with Gasteiger partial charge >= 0.3 is 5.97 Å². The highest BCUT2D eigenvalue weighted by molar-refractivity contribution is 5.85. The summed E-state index contributed by atoms with van der Waals surface area (Å²) in [5.41, 5.74) is 5.02. The molecule has 0 spiro atoms. The molecule has 1 rings (SSSR count). The summed E-state index contributed by atoms with van der Waals surface area (Å²) >= 11 is 0. The zero-order chi connectivity index (χ0) is 7.56. The third kappa shape index (κ3) is 1.19. The lowest BCUT2D eigenvalue weighted by molar-refractivity contribution is 0.0690. The van der Waals surface area contributed by atoms with Gasteiger partial charge in [-0.05, 0) is 6.07 Å². The van der Waals surface area contributed by atoms with Crippen molar-refractivity contribution in [2.24, 2.45) is 0 Å². The molecule has 3 N–H and O–H groups in total. The number of carboxylic acid groups (broad SMARTS) is 1. The van der Waals surface area contributed by atoms with E-state index < -0.39 is 5.97 Å². The van der Waals surface area contributed by atoms with Gasteiger partial charge < -0.3 is 10.8 Å². The number of nitrogens with two attached hydrogens (primary N) is 1. The number of rotatable bonds is 1. The van der Waals surface area contributed by atoms with E-state index in [0.717, 1.165) is 0 Å². The second-order valence-electron chi connectivity index (χ2n) is 1.61.